The fraction of sp³-hybridized carbons (Fsp3) is 0.692. The summed E-state index contributed by atoms with van der Waals surface area (Å²) in [6.07, 6.45) is 5.18. The van der Waals surface area contributed by atoms with Crippen LogP contribution in [0.25, 0.3) is 0 Å². The normalized spacial score (nSPS) is 26.1. The van der Waals surface area contributed by atoms with Crippen molar-refractivity contribution in [3.63, 3.8) is 0 Å². The Labute approximate surface area is 117 Å². The minimum Gasteiger partial charge on any atom is -0.480 e. The maximum Gasteiger partial charge on any atom is 0.326 e. The number of hydrogen-bond acceptors (Lipinski definition) is 4. The van der Waals surface area contributed by atoms with Gasteiger partial charge in [0.1, 0.15) is 21.7 Å². The van der Waals surface area contributed by atoms with Crippen molar-refractivity contribution >= 4 is 15.8 Å². The molecule has 0 aromatic carbocycles. The van der Waals surface area contributed by atoms with Crippen molar-refractivity contribution in [1.82, 2.24) is 9.55 Å². The van der Waals surface area contributed by atoms with Crippen LogP contribution < -0.4 is 0 Å². The second-order valence-electron chi connectivity index (χ2n) is 5.65. The van der Waals surface area contributed by atoms with Gasteiger partial charge in [0.05, 0.1) is 11.5 Å². The van der Waals surface area contributed by atoms with E-state index in [1.54, 1.807) is 6.20 Å². The van der Waals surface area contributed by atoms with Gasteiger partial charge in [0, 0.05) is 17.8 Å². The molecular weight excluding hydrogens is 280 g/mol. The maximum absolute atomic E-state index is 11.5. The minimum atomic E-state index is -2.91. The van der Waals surface area contributed by atoms with E-state index in [-0.39, 0.29) is 17.4 Å². The second-order valence-corrected chi connectivity index (χ2v) is 7.95. The summed E-state index contributed by atoms with van der Waals surface area (Å²) in [5, 5.41) is 9.36. The lowest BCUT2D eigenvalue weighted by Gasteiger charge is -2.28. The Bertz CT molecular complexity index is 621. The lowest BCUT2D eigenvalue weighted by Crippen LogP contribution is -2.29. The van der Waals surface area contributed by atoms with E-state index in [2.05, 4.69) is 4.98 Å². The molecule has 1 atom stereocenters. The van der Waals surface area contributed by atoms with Gasteiger partial charge in [0.2, 0.25) is 0 Å². The molecule has 1 saturated heterocycles. The molecule has 2 aliphatic heterocycles. The highest BCUT2D eigenvalue weighted by Crippen LogP contribution is 2.34. The summed E-state index contributed by atoms with van der Waals surface area (Å²) >= 11 is 0. The number of sulfone groups is 1. The van der Waals surface area contributed by atoms with Gasteiger partial charge in [-0.05, 0) is 32.1 Å². The first-order valence-electron chi connectivity index (χ1n) is 6.97. The number of aryl methyl sites for hydroxylation is 1. The molecule has 7 heteroatoms. The summed E-state index contributed by atoms with van der Waals surface area (Å²) in [6.45, 7) is 0. The molecule has 20 heavy (non-hydrogen) atoms. The van der Waals surface area contributed by atoms with Gasteiger partial charge in [-0.15, -0.1) is 0 Å². The molecule has 1 aromatic heterocycles. The van der Waals surface area contributed by atoms with Crippen molar-refractivity contribution in [2.45, 2.75) is 44.1 Å². The zero-order chi connectivity index (χ0) is 14.3. The first kappa shape index (κ1) is 13.6. The third-order valence-electron chi connectivity index (χ3n) is 4.33. The molecular formula is C13H18N2O4S. The molecule has 110 valence electrons. The Balaban J connectivity index is 1.92. The highest BCUT2D eigenvalue weighted by molar-refractivity contribution is 7.91. The van der Waals surface area contributed by atoms with Crippen LogP contribution in [0.5, 0.6) is 0 Å². The summed E-state index contributed by atoms with van der Waals surface area (Å²) in [7, 11) is -2.91. The first-order chi connectivity index (χ1) is 9.48. The average Bonchev–Trinajstić information content (AvgIpc) is 2.82. The van der Waals surface area contributed by atoms with E-state index in [1.165, 1.54) is 0 Å². The summed E-state index contributed by atoms with van der Waals surface area (Å²) in [4.78, 5) is 15.8. The van der Waals surface area contributed by atoms with Gasteiger partial charge >= 0.3 is 5.97 Å². The van der Waals surface area contributed by atoms with E-state index in [4.69, 9.17) is 0 Å². The Hall–Kier alpha value is -1.37. The van der Waals surface area contributed by atoms with Crippen LogP contribution in [0.3, 0.4) is 0 Å². The Morgan fingerprint density at radius 3 is 2.65 bits per heavy atom. The SMILES string of the molecule is O=C(O)C1CCCc2cnc(C3CCS(=O)(=O)CC3)n21. The third kappa shape index (κ3) is 2.34. The van der Waals surface area contributed by atoms with Gasteiger partial charge in [-0.25, -0.2) is 18.2 Å². The lowest BCUT2D eigenvalue weighted by atomic mass is 9.98. The summed E-state index contributed by atoms with van der Waals surface area (Å²) < 4.78 is 24.9. The third-order valence-corrected chi connectivity index (χ3v) is 6.04. The maximum atomic E-state index is 11.5. The number of aromatic nitrogens is 2. The quantitative estimate of drug-likeness (QED) is 0.884. The molecule has 0 spiro atoms. The van der Waals surface area contributed by atoms with Crippen LogP contribution in [-0.2, 0) is 21.1 Å². The number of carboxylic acid groups (broad SMARTS) is 1. The number of imidazole rings is 1. The number of aliphatic carboxylic acids is 1. The van der Waals surface area contributed by atoms with Crippen molar-refractivity contribution in [2.75, 3.05) is 11.5 Å². The summed E-state index contributed by atoms with van der Waals surface area (Å²) in [5.74, 6) is 0.359. The van der Waals surface area contributed by atoms with E-state index in [1.807, 2.05) is 4.57 Å². The smallest absolute Gasteiger partial charge is 0.326 e. The summed E-state index contributed by atoms with van der Waals surface area (Å²) in [6, 6.07) is -0.546. The van der Waals surface area contributed by atoms with Crippen LogP contribution in [0.2, 0.25) is 0 Å². The molecule has 3 rings (SSSR count). The molecule has 0 bridgehead atoms. The molecule has 3 heterocycles. The minimum absolute atomic E-state index is 0.0622. The van der Waals surface area contributed by atoms with Gasteiger partial charge in [0.25, 0.3) is 0 Å². The van der Waals surface area contributed by atoms with Gasteiger partial charge in [-0.1, -0.05) is 0 Å². The van der Waals surface area contributed by atoms with Gasteiger partial charge in [0.15, 0.2) is 0 Å². The van der Waals surface area contributed by atoms with Gasteiger partial charge < -0.3 is 9.67 Å². The standard InChI is InChI=1S/C13H18N2O4S/c16-13(17)11-3-1-2-10-8-14-12(15(10)11)9-4-6-20(18,19)7-5-9/h8-9,11H,1-7H2,(H,16,17). The van der Waals surface area contributed by atoms with Crippen LogP contribution in [-0.4, -0.2) is 40.6 Å². The number of fused-ring (bicyclic) bond motifs is 1. The molecule has 1 fully saturated rings. The van der Waals surface area contributed by atoms with E-state index in [0.29, 0.717) is 19.3 Å². The van der Waals surface area contributed by atoms with E-state index < -0.39 is 21.8 Å². The fourth-order valence-corrected chi connectivity index (χ4v) is 4.74. The Kier molecular flexibility index (Phi) is 3.32. The summed E-state index contributed by atoms with van der Waals surface area (Å²) in [5.41, 5.74) is 0.965. The van der Waals surface area contributed by atoms with Crippen molar-refractivity contribution < 1.29 is 18.3 Å². The molecule has 1 unspecified atom stereocenters. The van der Waals surface area contributed by atoms with E-state index in [9.17, 15) is 18.3 Å². The van der Waals surface area contributed by atoms with Crippen molar-refractivity contribution in [2.24, 2.45) is 0 Å². The van der Waals surface area contributed by atoms with Crippen LogP contribution in [0.4, 0.5) is 0 Å². The number of nitrogens with zero attached hydrogens (tertiary/aromatic N) is 2. The number of hydrogen-bond donors (Lipinski definition) is 1. The second kappa shape index (κ2) is 4.87. The number of carboxylic acids is 1. The molecule has 0 radical (unpaired) electrons. The highest BCUT2D eigenvalue weighted by Gasteiger charge is 2.33. The zero-order valence-electron chi connectivity index (χ0n) is 11.2. The number of rotatable bonds is 2. The molecule has 1 N–H and O–H groups in total. The molecule has 6 nitrogen and oxygen atoms in total. The Morgan fingerprint density at radius 2 is 2.00 bits per heavy atom. The Morgan fingerprint density at radius 1 is 1.30 bits per heavy atom. The van der Waals surface area contributed by atoms with Crippen LogP contribution in [0, 0.1) is 0 Å². The first-order valence-corrected chi connectivity index (χ1v) is 8.79. The predicted molar refractivity (Wildman–Crippen MR) is 72.5 cm³/mol. The molecule has 1 aromatic rings. The van der Waals surface area contributed by atoms with Crippen molar-refractivity contribution in [3.8, 4) is 0 Å². The monoisotopic (exact) mass is 298 g/mol. The van der Waals surface area contributed by atoms with Gasteiger partial charge in [-0.2, -0.15) is 0 Å². The van der Waals surface area contributed by atoms with Crippen molar-refractivity contribution in [3.05, 3.63) is 17.7 Å². The van der Waals surface area contributed by atoms with Crippen LogP contribution >= 0.6 is 0 Å². The van der Waals surface area contributed by atoms with Crippen LogP contribution in [0.15, 0.2) is 6.20 Å². The largest absolute Gasteiger partial charge is 0.480 e. The highest BCUT2D eigenvalue weighted by atomic mass is 32.2. The zero-order valence-corrected chi connectivity index (χ0v) is 12.0. The topological polar surface area (TPSA) is 89.3 Å². The average molecular weight is 298 g/mol. The molecule has 0 saturated carbocycles. The molecule has 0 aliphatic carbocycles. The van der Waals surface area contributed by atoms with Gasteiger partial charge in [-0.3, -0.25) is 0 Å². The van der Waals surface area contributed by atoms with Crippen LogP contribution in [0.1, 0.15) is 49.2 Å². The molecule has 2 aliphatic rings. The fourth-order valence-electron chi connectivity index (χ4n) is 3.25. The van der Waals surface area contributed by atoms with E-state index in [0.717, 1.165) is 24.4 Å². The predicted octanol–water partition coefficient (Wildman–Crippen LogP) is 1.14. The lowest BCUT2D eigenvalue weighted by molar-refractivity contribution is -0.141. The number of carbonyl (C=O) groups is 1. The molecule has 0 amide bonds. The van der Waals surface area contributed by atoms with Crippen molar-refractivity contribution in [1.29, 1.82) is 0 Å². The van der Waals surface area contributed by atoms with E-state index >= 15 is 0 Å².